The second-order valence-corrected chi connectivity index (χ2v) is 9.35. The van der Waals surface area contributed by atoms with Crippen molar-refractivity contribution >= 4 is 33.9 Å². The van der Waals surface area contributed by atoms with Gasteiger partial charge in [0, 0.05) is 36.7 Å². The zero-order valence-corrected chi connectivity index (χ0v) is 20.7. The molecule has 196 valence electrons. The number of aromatic nitrogens is 2. The fourth-order valence-electron chi connectivity index (χ4n) is 3.91. The van der Waals surface area contributed by atoms with Gasteiger partial charge in [-0.3, -0.25) is 10.2 Å². The molecular weight excluding hydrogens is 519 g/mol. The van der Waals surface area contributed by atoms with Crippen molar-refractivity contribution in [3.05, 3.63) is 78.6 Å². The number of amides is 2. The molecule has 12 heteroatoms. The molecule has 0 unspecified atom stereocenters. The van der Waals surface area contributed by atoms with Crippen LogP contribution in [0.1, 0.15) is 5.56 Å². The Balaban J connectivity index is 1.41. The molecule has 1 aliphatic heterocycles. The van der Waals surface area contributed by atoms with E-state index >= 15 is 0 Å². The number of ether oxygens (including phenoxy) is 1. The van der Waals surface area contributed by atoms with Crippen molar-refractivity contribution in [2.75, 3.05) is 41.6 Å². The quantitative estimate of drug-likeness (QED) is 0.233. The summed E-state index contributed by atoms with van der Waals surface area (Å²) in [5, 5.41) is 14.2. The first-order valence-electron chi connectivity index (χ1n) is 11.6. The minimum atomic E-state index is -4.49. The van der Waals surface area contributed by atoms with E-state index in [0.29, 0.717) is 18.3 Å². The van der Waals surface area contributed by atoms with Crippen LogP contribution in [0, 0.1) is 0 Å². The molecule has 0 saturated carbocycles. The molecule has 2 aromatic heterocycles. The Hall–Kier alpha value is -4.00. The van der Waals surface area contributed by atoms with Crippen LogP contribution in [-0.2, 0) is 10.9 Å². The lowest BCUT2D eigenvalue weighted by atomic mass is 10.1. The van der Waals surface area contributed by atoms with E-state index in [1.807, 2.05) is 18.2 Å². The van der Waals surface area contributed by atoms with Crippen LogP contribution in [0.25, 0.3) is 21.7 Å². The summed E-state index contributed by atoms with van der Waals surface area (Å²) >= 11 is 1.49. The smallest absolute Gasteiger partial charge is 0.378 e. The van der Waals surface area contributed by atoms with Gasteiger partial charge >= 0.3 is 12.2 Å². The first-order chi connectivity index (χ1) is 18.3. The molecule has 5 rings (SSSR count). The summed E-state index contributed by atoms with van der Waals surface area (Å²) in [5.74, 6) is 0. The Kier molecular flexibility index (Phi) is 7.27. The number of nitrogens with one attached hydrogen (secondary N) is 1. The van der Waals surface area contributed by atoms with Gasteiger partial charge in [-0.1, -0.05) is 23.5 Å². The number of carbonyl (C=O) groups is 1. The lowest BCUT2D eigenvalue weighted by Gasteiger charge is -2.26. The van der Waals surface area contributed by atoms with E-state index in [-0.39, 0.29) is 11.4 Å². The number of benzene rings is 2. The Morgan fingerprint density at radius 1 is 1.03 bits per heavy atom. The molecule has 2 aromatic carbocycles. The number of alkyl halides is 3. The molecule has 0 spiro atoms. The summed E-state index contributed by atoms with van der Waals surface area (Å²) in [7, 11) is 0. The number of morpholine rings is 1. The van der Waals surface area contributed by atoms with Gasteiger partial charge in [0.1, 0.15) is 0 Å². The van der Waals surface area contributed by atoms with Crippen LogP contribution in [0.15, 0.2) is 73.1 Å². The Labute approximate surface area is 219 Å². The third-order valence-corrected chi connectivity index (χ3v) is 7.03. The van der Waals surface area contributed by atoms with Crippen molar-refractivity contribution < 1.29 is 27.9 Å². The zero-order chi connectivity index (χ0) is 26.7. The number of pyridine rings is 1. The van der Waals surface area contributed by atoms with Crippen LogP contribution in [0.2, 0.25) is 0 Å². The average molecular weight is 542 g/mol. The standard InChI is InChI=1S/C26H22F3N5O3S/c27-26(28,29)19-4-6-20(7-5-19)31-24(35)34(36)21-3-1-2-18(16-21)23-22(17-8-10-30-11-9-17)32-25(38-23)33-12-14-37-15-13-33/h1-11,16,36H,12-15H2,(H,31,35). The monoisotopic (exact) mass is 541 g/mol. The van der Waals surface area contributed by atoms with E-state index in [9.17, 15) is 23.2 Å². The summed E-state index contributed by atoms with van der Waals surface area (Å²) < 4.78 is 43.9. The van der Waals surface area contributed by atoms with Gasteiger partial charge in [-0.25, -0.2) is 9.78 Å². The Morgan fingerprint density at radius 2 is 1.74 bits per heavy atom. The summed E-state index contributed by atoms with van der Waals surface area (Å²) in [4.78, 5) is 24.6. The van der Waals surface area contributed by atoms with Gasteiger partial charge in [0.2, 0.25) is 0 Å². The highest BCUT2D eigenvalue weighted by Crippen LogP contribution is 2.41. The van der Waals surface area contributed by atoms with Crippen molar-refractivity contribution in [3.63, 3.8) is 0 Å². The predicted octanol–water partition coefficient (Wildman–Crippen LogP) is 6.16. The van der Waals surface area contributed by atoms with E-state index < -0.39 is 17.8 Å². The molecule has 0 atom stereocenters. The Morgan fingerprint density at radius 3 is 2.42 bits per heavy atom. The molecule has 38 heavy (non-hydrogen) atoms. The lowest BCUT2D eigenvalue weighted by molar-refractivity contribution is -0.137. The molecule has 0 aliphatic carbocycles. The first kappa shape index (κ1) is 25.6. The van der Waals surface area contributed by atoms with Crippen LogP contribution in [-0.4, -0.2) is 47.5 Å². The van der Waals surface area contributed by atoms with Gasteiger partial charge in [-0.2, -0.15) is 18.2 Å². The van der Waals surface area contributed by atoms with Crippen molar-refractivity contribution in [2.24, 2.45) is 0 Å². The highest BCUT2D eigenvalue weighted by atomic mass is 32.1. The summed E-state index contributed by atoms with van der Waals surface area (Å²) in [6, 6.07) is 13.5. The third kappa shape index (κ3) is 5.62. The number of thiazole rings is 1. The van der Waals surface area contributed by atoms with E-state index in [1.165, 1.54) is 11.3 Å². The number of carbonyl (C=O) groups excluding carboxylic acids is 1. The minimum absolute atomic E-state index is 0.107. The van der Waals surface area contributed by atoms with E-state index in [4.69, 9.17) is 9.72 Å². The second kappa shape index (κ2) is 10.8. The Bertz CT molecular complexity index is 1410. The largest absolute Gasteiger partial charge is 0.416 e. The van der Waals surface area contributed by atoms with E-state index in [1.54, 1.807) is 30.6 Å². The number of hydrogen-bond donors (Lipinski definition) is 2. The van der Waals surface area contributed by atoms with Crippen molar-refractivity contribution in [2.45, 2.75) is 6.18 Å². The van der Waals surface area contributed by atoms with Crippen LogP contribution in [0.3, 0.4) is 0 Å². The molecule has 1 fully saturated rings. The number of halogens is 3. The molecule has 2 N–H and O–H groups in total. The third-order valence-electron chi connectivity index (χ3n) is 5.86. The van der Waals surface area contributed by atoms with Gasteiger partial charge in [0.05, 0.1) is 35.0 Å². The average Bonchev–Trinajstić information content (AvgIpc) is 3.39. The number of rotatable bonds is 5. The maximum absolute atomic E-state index is 12.8. The number of anilines is 3. The molecule has 8 nitrogen and oxygen atoms in total. The number of nitrogens with zero attached hydrogens (tertiary/aromatic N) is 4. The van der Waals surface area contributed by atoms with Crippen LogP contribution in [0.4, 0.5) is 34.5 Å². The van der Waals surface area contributed by atoms with Crippen LogP contribution in [0.5, 0.6) is 0 Å². The van der Waals surface area contributed by atoms with Crippen LogP contribution >= 0.6 is 11.3 Å². The maximum Gasteiger partial charge on any atom is 0.416 e. The first-order valence-corrected chi connectivity index (χ1v) is 12.4. The van der Waals surface area contributed by atoms with E-state index in [0.717, 1.165) is 64.2 Å². The normalized spacial score (nSPS) is 13.8. The van der Waals surface area contributed by atoms with Crippen molar-refractivity contribution in [1.82, 2.24) is 9.97 Å². The molecular formula is C26H22F3N5O3S. The molecule has 1 saturated heterocycles. The number of urea groups is 1. The van der Waals surface area contributed by atoms with Gasteiger partial charge in [-0.15, -0.1) is 0 Å². The fourth-order valence-corrected chi connectivity index (χ4v) is 5.05. The zero-order valence-electron chi connectivity index (χ0n) is 19.9. The molecule has 2 amide bonds. The number of hydrogen-bond acceptors (Lipinski definition) is 7. The molecule has 0 radical (unpaired) electrons. The van der Waals surface area contributed by atoms with Gasteiger partial charge in [0.25, 0.3) is 0 Å². The highest BCUT2D eigenvalue weighted by Gasteiger charge is 2.30. The van der Waals surface area contributed by atoms with E-state index in [2.05, 4.69) is 15.2 Å². The fraction of sp³-hybridized carbons (Fsp3) is 0.192. The molecule has 3 heterocycles. The van der Waals surface area contributed by atoms with Gasteiger partial charge in [-0.05, 0) is 54.1 Å². The second-order valence-electron chi connectivity index (χ2n) is 8.38. The van der Waals surface area contributed by atoms with Crippen LogP contribution < -0.4 is 15.3 Å². The molecule has 1 aliphatic rings. The van der Waals surface area contributed by atoms with Crippen molar-refractivity contribution in [1.29, 1.82) is 0 Å². The highest BCUT2D eigenvalue weighted by molar-refractivity contribution is 7.19. The van der Waals surface area contributed by atoms with Gasteiger partial charge < -0.3 is 15.0 Å². The maximum atomic E-state index is 12.8. The van der Waals surface area contributed by atoms with Gasteiger partial charge in [0.15, 0.2) is 5.13 Å². The van der Waals surface area contributed by atoms with Crippen molar-refractivity contribution in [3.8, 4) is 21.7 Å². The minimum Gasteiger partial charge on any atom is -0.378 e. The summed E-state index contributed by atoms with van der Waals surface area (Å²) in [6.45, 7) is 2.67. The predicted molar refractivity (Wildman–Crippen MR) is 139 cm³/mol. The topological polar surface area (TPSA) is 90.8 Å². The molecule has 4 aromatic rings. The summed E-state index contributed by atoms with van der Waals surface area (Å²) in [5.41, 5.74) is 1.79. The lowest BCUT2D eigenvalue weighted by Crippen LogP contribution is -2.36. The molecule has 0 bridgehead atoms. The summed E-state index contributed by atoms with van der Waals surface area (Å²) in [6.07, 6.45) is -1.12. The number of hydroxylamine groups is 1. The SMILES string of the molecule is O=C(Nc1ccc(C(F)(F)F)cc1)N(O)c1cccc(-c2sc(N3CCOCC3)nc2-c2ccncc2)c1.